The second-order valence-electron chi connectivity index (χ2n) is 8.98. The molecule has 2 aliphatic carbocycles. The van der Waals surface area contributed by atoms with Crippen molar-refractivity contribution in [3.8, 4) is 0 Å². The monoisotopic (exact) mass is 396 g/mol. The summed E-state index contributed by atoms with van der Waals surface area (Å²) in [5.74, 6) is 0.362. The lowest BCUT2D eigenvalue weighted by molar-refractivity contribution is -0.150. The Labute approximate surface area is 175 Å². The zero-order valence-corrected chi connectivity index (χ0v) is 17.8. The van der Waals surface area contributed by atoms with E-state index in [1.54, 1.807) is 0 Å². The summed E-state index contributed by atoms with van der Waals surface area (Å²) >= 11 is 0. The molecule has 2 N–H and O–H groups in total. The van der Waals surface area contributed by atoms with E-state index in [-0.39, 0.29) is 30.5 Å². The van der Waals surface area contributed by atoms with Crippen LogP contribution in [-0.4, -0.2) is 47.2 Å². The van der Waals surface area contributed by atoms with E-state index < -0.39 is 0 Å². The highest BCUT2D eigenvalue weighted by Crippen LogP contribution is 2.41. The molecule has 4 heteroatoms. The molecule has 0 spiro atoms. The lowest BCUT2D eigenvalue weighted by Gasteiger charge is -2.55. The molecule has 0 unspecified atom stereocenters. The maximum Gasteiger partial charge on any atom is 0.222 e. The van der Waals surface area contributed by atoms with Crippen molar-refractivity contribution >= 4 is 11.5 Å². The summed E-state index contributed by atoms with van der Waals surface area (Å²) in [7, 11) is 0. The predicted octanol–water partition coefficient (Wildman–Crippen LogP) is 4.24. The van der Waals surface area contributed by atoms with Gasteiger partial charge in [-0.1, -0.05) is 50.1 Å². The van der Waals surface area contributed by atoms with Crippen molar-refractivity contribution in [2.75, 3.05) is 13.2 Å². The number of nitrogens with zero attached hydrogens (tertiary/aromatic N) is 1. The number of amides is 1. The van der Waals surface area contributed by atoms with E-state index in [0.717, 1.165) is 6.54 Å². The molecule has 1 amide bonds. The molecule has 1 heterocycles. The summed E-state index contributed by atoms with van der Waals surface area (Å²) in [6.07, 6.45) is 12.9. The van der Waals surface area contributed by atoms with Gasteiger partial charge in [0.1, 0.15) is 0 Å². The summed E-state index contributed by atoms with van der Waals surface area (Å²) in [6.45, 7) is 2.77. The van der Waals surface area contributed by atoms with E-state index in [2.05, 4.69) is 35.7 Å². The largest absolute Gasteiger partial charge is 0.394 e. The first kappa shape index (κ1) is 20.6. The summed E-state index contributed by atoms with van der Waals surface area (Å²) in [4.78, 5) is 14.5. The van der Waals surface area contributed by atoms with Crippen LogP contribution in [-0.2, 0) is 4.79 Å². The fraction of sp³-hybridized carbons (Fsp3) is 0.640. The van der Waals surface area contributed by atoms with Crippen LogP contribution in [0.1, 0.15) is 81.8 Å². The van der Waals surface area contributed by atoms with Gasteiger partial charge in [0.25, 0.3) is 0 Å². The van der Waals surface area contributed by atoms with Gasteiger partial charge in [0.05, 0.1) is 18.7 Å². The maximum atomic E-state index is 12.6. The van der Waals surface area contributed by atoms with Gasteiger partial charge in [-0.15, -0.1) is 0 Å². The highest BCUT2D eigenvalue weighted by Gasteiger charge is 2.50. The van der Waals surface area contributed by atoms with Gasteiger partial charge in [-0.25, -0.2) is 0 Å². The van der Waals surface area contributed by atoms with E-state index >= 15 is 0 Å². The van der Waals surface area contributed by atoms with Gasteiger partial charge in [0.15, 0.2) is 0 Å². The van der Waals surface area contributed by atoms with Crippen LogP contribution >= 0.6 is 0 Å². The summed E-state index contributed by atoms with van der Waals surface area (Å²) < 4.78 is 0. The second-order valence-corrected chi connectivity index (χ2v) is 8.98. The number of carbonyl (C=O) groups is 1. The number of hydrogen-bond acceptors (Lipinski definition) is 3. The van der Waals surface area contributed by atoms with E-state index in [1.807, 2.05) is 11.8 Å². The molecule has 4 nitrogen and oxygen atoms in total. The standard InChI is InChI=1S/C25H36N2O2/c1-2-24(29)27-22(16-26-21-10-6-7-11-21)25(23(27)17-28)20-14-12-19(13-15-20)18-8-4-3-5-9-18/h8,12-15,21-23,25-26,28H,2-7,9-11,16-17H2,1H3/t22-,23-,25-/m1/s1. The molecular weight excluding hydrogens is 360 g/mol. The van der Waals surface area contributed by atoms with Crippen molar-refractivity contribution in [1.82, 2.24) is 10.2 Å². The summed E-state index contributed by atoms with van der Waals surface area (Å²) in [5.41, 5.74) is 4.05. The van der Waals surface area contributed by atoms with Crippen molar-refractivity contribution in [2.24, 2.45) is 0 Å². The predicted molar refractivity (Wildman–Crippen MR) is 118 cm³/mol. The van der Waals surface area contributed by atoms with Gasteiger partial charge in [-0.3, -0.25) is 4.79 Å². The fourth-order valence-corrected chi connectivity index (χ4v) is 5.61. The minimum atomic E-state index is -0.0995. The lowest BCUT2D eigenvalue weighted by Crippen LogP contribution is -2.68. The molecule has 1 aliphatic heterocycles. The third kappa shape index (κ3) is 4.29. The number of benzene rings is 1. The van der Waals surface area contributed by atoms with Gasteiger partial charge >= 0.3 is 0 Å². The van der Waals surface area contributed by atoms with Crippen molar-refractivity contribution in [1.29, 1.82) is 0 Å². The van der Waals surface area contributed by atoms with E-state index in [4.69, 9.17) is 0 Å². The molecule has 29 heavy (non-hydrogen) atoms. The molecule has 0 aromatic heterocycles. The Morgan fingerprint density at radius 1 is 1.10 bits per heavy atom. The Morgan fingerprint density at radius 3 is 2.48 bits per heavy atom. The van der Waals surface area contributed by atoms with Crippen molar-refractivity contribution in [3.63, 3.8) is 0 Å². The van der Waals surface area contributed by atoms with Gasteiger partial charge in [-0.2, -0.15) is 0 Å². The normalized spacial score (nSPS) is 27.6. The Bertz CT molecular complexity index is 721. The average molecular weight is 397 g/mol. The summed E-state index contributed by atoms with van der Waals surface area (Å²) in [5, 5.41) is 13.8. The van der Waals surface area contributed by atoms with Crippen LogP contribution in [0.3, 0.4) is 0 Å². The number of likely N-dealkylation sites (tertiary alicyclic amines) is 1. The SMILES string of the molecule is CCC(=O)N1[C@H](CO)[C@H](c2ccc(C3=CCCCC3)cc2)[C@H]1CNC1CCCC1. The van der Waals surface area contributed by atoms with E-state index in [0.29, 0.717) is 12.5 Å². The number of aliphatic hydroxyl groups is 1. The number of hydrogen-bond donors (Lipinski definition) is 2. The molecular formula is C25H36N2O2. The van der Waals surface area contributed by atoms with Crippen molar-refractivity contribution < 1.29 is 9.90 Å². The summed E-state index contributed by atoms with van der Waals surface area (Å²) in [6, 6.07) is 9.57. The fourth-order valence-electron chi connectivity index (χ4n) is 5.61. The molecule has 1 saturated carbocycles. The average Bonchev–Trinajstić information content (AvgIpc) is 3.28. The second kappa shape index (κ2) is 9.44. The number of nitrogens with one attached hydrogen (secondary N) is 1. The quantitative estimate of drug-likeness (QED) is 0.725. The first-order valence-electron chi connectivity index (χ1n) is 11.7. The van der Waals surface area contributed by atoms with Crippen LogP contribution in [0.5, 0.6) is 0 Å². The molecule has 0 bridgehead atoms. The third-order valence-electron chi connectivity index (χ3n) is 7.25. The highest BCUT2D eigenvalue weighted by atomic mass is 16.3. The van der Waals surface area contributed by atoms with Crippen LogP contribution in [0.15, 0.2) is 30.3 Å². The zero-order valence-electron chi connectivity index (χ0n) is 17.8. The van der Waals surface area contributed by atoms with Crippen molar-refractivity contribution in [2.45, 2.75) is 88.8 Å². The first-order valence-corrected chi connectivity index (χ1v) is 11.7. The van der Waals surface area contributed by atoms with Gasteiger partial charge < -0.3 is 15.3 Å². The first-order chi connectivity index (χ1) is 14.2. The zero-order chi connectivity index (χ0) is 20.2. The molecule has 0 radical (unpaired) electrons. The van der Waals surface area contributed by atoms with E-state index in [9.17, 15) is 9.90 Å². The topological polar surface area (TPSA) is 52.6 Å². The van der Waals surface area contributed by atoms with Crippen LogP contribution < -0.4 is 5.32 Å². The molecule has 4 rings (SSSR count). The molecule has 3 atom stereocenters. The molecule has 1 saturated heterocycles. The number of aliphatic hydroxyl groups excluding tert-OH is 1. The molecule has 158 valence electrons. The third-order valence-corrected chi connectivity index (χ3v) is 7.25. The number of allylic oxidation sites excluding steroid dienone is 2. The van der Waals surface area contributed by atoms with E-state index in [1.165, 1.54) is 68.1 Å². The van der Waals surface area contributed by atoms with Crippen LogP contribution in [0.25, 0.3) is 5.57 Å². The Hall–Kier alpha value is -1.65. The maximum absolute atomic E-state index is 12.6. The van der Waals surface area contributed by atoms with Gasteiger partial charge in [-0.05, 0) is 55.2 Å². The highest BCUT2D eigenvalue weighted by molar-refractivity contribution is 5.78. The Morgan fingerprint density at radius 2 is 1.86 bits per heavy atom. The van der Waals surface area contributed by atoms with Crippen LogP contribution in [0.2, 0.25) is 0 Å². The smallest absolute Gasteiger partial charge is 0.222 e. The Balaban J connectivity index is 1.51. The number of rotatable bonds is 7. The number of carbonyl (C=O) groups excluding carboxylic acids is 1. The van der Waals surface area contributed by atoms with Gasteiger partial charge in [0.2, 0.25) is 5.91 Å². The van der Waals surface area contributed by atoms with Crippen LogP contribution in [0, 0.1) is 0 Å². The molecule has 1 aromatic carbocycles. The minimum Gasteiger partial charge on any atom is -0.394 e. The van der Waals surface area contributed by atoms with Crippen LogP contribution in [0.4, 0.5) is 0 Å². The minimum absolute atomic E-state index is 0.0310. The molecule has 1 aromatic rings. The van der Waals surface area contributed by atoms with Gasteiger partial charge in [0, 0.05) is 24.9 Å². The molecule has 2 fully saturated rings. The Kier molecular flexibility index (Phi) is 6.71. The molecule has 3 aliphatic rings. The lowest BCUT2D eigenvalue weighted by atomic mass is 9.74. The van der Waals surface area contributed by atoms with Crippen molar-refractivity contribution in [3.05, 3.63) is 41.5 Å².